The lowest BCUT2D eigenvalue weighted by molar-refractivity contribution is 0.881. The molecule has 0 atom stereocenters. The van der Waals surface area contributed by atoms with Crippen molar-refractivity contribution in [3.8, 4) is 0 Å². The van der Waals surface area contributed by atoms with Gasteiger partial charge in [0.05, 0.1) is 0 Å². The van der Waals surface area contributed by atoms with Crippen molar-refractivity contribution in [2.24, 2.45) is 0 Å². The molecule has 4 nitrogen and oxygen atoms in total. The van der Waals surface area contributed by atoms with Crippen LogP contribution in [0.5, 0.6) is 0 Å². The molecule has 0 saturated heterocycles. The summed E-state index contributed by atoms with van der Waals surface area (Å²) in [6.07, 6.45) is 1.05. The summed E-state index contributed by atoms with van der Waals surface area (Å²) in [5, 5.41) is 15.4. The minimum atomic E-state index is 0.763. The fraction of sp³-hybridized carbons (Fsp3) is 0.600. The fourth-order valence-corrected chi connectivity index (χ4v) is 1.07. The van der Waals surface area contributed by atoms with Gasteiger partial charge in [-0.3, -0.25) is 0 Å². The summed E-state index contributed by atoms with van der Waals surface area (Å²) < 4.78 is 0. The Labute approximate surface area is 63.8 Å². The van der Waals surface area contributed by atoms with E-state index in [9.17, 15) is 0 Å². The molecule has 0 aliphatic carbocycles. The maximum Gasteiger partial charge on any atom is 0.207 e. The second-order valence-corrected chi connectivity index (χ2v) is 3.15. The van der Waals surface area contributed by atoms with E-state index in [0.717, 1.165) is 11.6 Å². The molecule has 1 rings (SSSR count). The van der Waals surface area contributed by atoms with E-state index in [-0.39, 0.29) is 0 Å². The van der Waals surface area contributed by atoms with E-state index in [2.05, 4.69) is 34.5 Å². The number of hydrogen-bond donors (Lipinski definition) is 1. The molecule has 0 amide bonds. The van der Waals surface area contributed by atoms with E-state index in [4.69, 9.17) is 0 Å². The predicted octanol–water partition coefficient (Wildman–Crippen LogP) is 1.25. The Morgan fingerprint density at radius 3 is 3.00 bits per heavy atom. The molecular formula is C5H9N4S. The van der Waals surface area contributed by atoms with Gasteiger partial charge in [0.25, 0.3) is 0 Å². The van der Waals surface area contributed by atoms with Gasteiger partial charge >= 0.3 is 0 Å². The minimum Gasteiger partial charge on any atom is -0.234 e. The van der Waals surface area contributed by atoms with Gasteiger partial charge < -0.3 is 0 Å². The van der Waals surface area contributed by atoms with Crippen LogP contribution in [0, 0.1) is 5.25 Å². The van der Waals surface area contributed by atoms with E-state index >= 15 is 0 Å². The summed E-state index contributed by atoms with van der Waals surface area (Å²) in [6.45, 7) is 4.17. The normalized spacial score (nSPS) is 10.7. The Morgan fingerprint density at radius 1 is 1.70 bits per heavy atom. The van der Waals surface area contributed by atoms with Gasteiger partial charge in [0.15, 0.2) is 0 Å². The largest absolute Gasteiger partial charge is 0.234 e. The van der Waals surface area contributed by atoms with E-state index < -0.39 is 0 Å². The molecule has 0 unspecified atom stereocenters. The Bertz CT molecular complexity index is 174. The monoisotopic (exact) mass is 157 g/mol. The van der Waals surface area contributed by atoms with Gasteiger partial charge in [0, 0.05) is 5.25 Å². The first-order valence-corrected chi connectivity index (χ1v) is 3.88. The first-order valence-electron chi connectivity index (χ1n) is 3.07. The third kappa shape index (κ3) is 1.98. The second kappa shape index (κ2) is 3.55. The van der Waals surface area contributed by atoms with Crippen LogP contribution in [0.2, 0.25) is 0 Å². The lowest BCUT2D eigenvalue weighted by Crippen LogP contribution is -1.83. The molecule has 1 heterocycles. The van der Waals surface area contributed by atoms with Crippen LogP contribution in [0.4, 0.5) is 0 Å². The molecule has 55 valence electrons. The van der Waals surface area contributed by atoms with Crippen LogP contribution in [-0.2, 0) is 0 Å². The molecule has 0 spiro atoms. The van der Waals surface area contributed by atoms with Crippen LogP contribution >= 0.6 is 11.8 Å². The lowest BCUT2D eigenvalue weighted by Gasteiger charge is -2.00. The van der Waals surface area contributed by atoms with E-state index in [0.29, 0.717) is 0 Å². The second-order valence-electron chi connectivity index (χ2n) is 1.86. The smallest absolute Gasteiger partial charge is 0.207 e. The minimum absolute atomic E-state index is 0.763. The van der Waals surface area contributed by atoms with Crippen LogP contribution in [0.1, 0.15) is 20.3 Å². The van der Waals surface area contributed by atoms with Gasteiger partial charge in [-0.2, -0.15) is 0 Å². The highest BCUT2D eigenvalue weighted by Gasteiger charge is 2.04. The molecule has 0 saturated carbocycles. The zero-order valence-electron chi connectivity index (χ0n) is 5.96. The van der Waals surface area contributed by atoms with Gasteiger partial charge in [-0.05, 0) is 23.8 Å². The molecule has 0 aliphatic heterocycles. The van der Waals surface area contributed by atoms with E-state index in [1.54, 1.807) is 11.8 Å². The molecule has 0 aliphatic rings. The number of nitrogens with zero attached hydrogens (tertiary/aromatic N) is 3. The van der Waals surface area contributed by atoms with Crippen molar-refractivity contribution in [3.05, 3.63) is 5.25 Å². The van der Waals surface area contributed by atoms with Crippen molar-refractivity contribution in [1.82, 2.24) is 20.6 Å². The molecular weight excluding hydrogens is 148 g/mol. The molecule has 0 aromatic carbocycles. The Kier molecular flexibility index (Phi) is 2.68. The summed E-state index contributed by atoms with van der Waals surface area (Å²) in [7, 11) is 0. The van der Waals surface area contributed by atoms with Crippen LogP contribution in [0.15, 0.2) is 5.16 Å². The highest BCUT2D eigenvalue weighted by atomic mass is 32.2. The number of nitrogens with one attached hydrogen (secondary N) is 1. The number of H-pyrrole nitrogens is 1. The Morgan fingerprint density at radius 2 is 2.50 bits per heavy atom. The number of aromatic nitrogens is 4. The van der Waals surface area contributed by atoms with Crippen LogP contribution in [-0.4, -0.2) is 20.6 Å². The number of thioether (sulfide) groups is 1. The molecule has 10 heavy (non-hydrogen) atoms. The summed E-state index contributed by atoms with van der Waals surface area (Å²) in [4.78, 5) is 0. The first kappa shape index (κ1) is 7.53. The van der Waals surface area contributed by atoms with Gasteiger partial charge in [0.1, 0.15) is 0 Å². The van der Waals surface area contributed by atoms with E-state index in [1.165, 1.54) is 5.25 Å². The zero-order chi connectivity index (χ0) is 7.40. The molecule has 1 aromatic rings. The number of tetrazole rings is 1. The average molecular weight is 157 g/mol. The summed E-state index contributed by atoms with van der Waals surface area (Å²) >= 11 is 1.58. The van der Waals surface area contributed by atoms with Gasteiger partial charge in [-0.1, -0.05) is 18.7 Å². The summed E-state index contributed by atoms with van der Waals surface area (Å²) in [6, 6.07) is 0. The topological polar surface area (TPSA) is 54.5 Å². The third-order valence-electron chi connectivity index (χ3n) is 1.09. The predicted molar refractivity (Wildman–Crippen MR) is 39.2 cm³/mol. The highest BCUT2D eigenvalue weighted by Crippen LogP contribution is 2.26. The lowest BCUT2D eigenvalue weighted by atomic mass is 10.4. The van der Waals surface area contributed by atoms with Crippen molar-refractivity contribution in [2.45, 2.75) is 25.4 Å². The Hall–Kier alpha value is -0.580. The van der Waals surface area contributed by atoms with Gasteiger partial charge in [-0.15, -0.1) is 5.10 Å². The quantitative estimate of drug-likeness (QED) is 0.671. The van der Waals surface area contributed by atoms with Crippen molar-refractivity contribution < 1.29 is 0 Å². The number of hydrogen-bond acceptors (Lipinski definition) is 4. The number of rotatable bonds is 3. The van der Waals surface area contributed by atoms with Gasteiger partial charge in [0.2, 0.25) is 5.16 Å². The maximum atomic E-state index is 3.73. The Balaban J connectivity index is 2.40. The third-order valence-corrected chi connectivity index (χ3v) is 2.10. The van der Waals surface area contributed by atoms with Crippen molar-refractivity contribution in [2.75, 3.05) is 0 Å². The molecule has 1 N–H and O–H groups in total. The molecule has 1 aromatic heterocycles. The average Bonchev–Trinajstić information content (AvgIpc) is 2.40. The van der Waals surface area contributed by atoms with Crippen molar-refractivity contribution in [1.29, 1.82) is 0 Å². The molecule has 0 bridgehead atoms. The van der Waals surface area contributed by atoms with Crippen LogP contribution in [0.3, 0.4) is 0 Å². The fourth-order valence-electron chi connectivity index (χ4n) is 0.431. The van der Waals surface area contributed by atoms with Gasteiger partial charge in [-0.25, -0.2) is 5.10 Å². The molecule has 1 radical (unpaired) electrons. The van der Waals surface area contributed by atoms with E-state index in [1.807, 2.05) is 0 Å². The summed E-state index contributed by atoms with van der Waals surface area (Å²) in [5.41, 5.74) is 0. The molecule has 0 fully saturated rings. The van der Waals surface area contributed by atoms with Crippen molar-refractivity contribution in [3.63, 3.8) is 0 Å². The van der Waals surface area contributed by atoms with Crippen LogP contribution in [0.25, 0.3) is 0 Å². The van der Waals surface area contributed by atoms with Crippen LogP contribution < -0.4 is 0 Å². The number of aromatic amines is 1. The first-order chi connectivity index (χ1) is 4.83. The SMILES string of the molecule is CC[C](C)Sc1nnn[nH]1. The maximum absolute atomic E-state index is 3.73. The molecule has 5 heteroatoms. The zero-order valence-corrected chi connectivity index (χ0v) is 6.77. The summed E-state index contributed by atoms with van der Waals surface area (Å²) in [5.74, 6) is 0. The standard InChI is InChI=1S/C5H9N4S/c1-3-4(2)10-5-6-8-9-7-5/h3H2,1-2H3,(H,6,7,8,9). The highest BCUT2D eigenvalue weighted by molar-refractivity contribution is 8.01. The van der Waals surface area contributed by atoms with Crippen molar-refractivity contribution >= 4 is 11.8 Å².